The number of benzene rings is 1. The molecule has 7 heteroatoms. The molecule has 1 unspecified atom stereocenters. The fraction of sp³-hybridized carbons (Fsp3) is 0.550. The number of likely N-dealkylation sites (tertiary alicyclic amines) is 1. The fourth-order valence-electron chi connectivity index (χ4n) is 3.36. The Labute approximate surface area is 165 Å². The van der Waals surface area contributed by atoms with Crippen LogP contribution in [0.4, 0.5) is 0 Å². The number of hydrogen-bond acceptors (Lipinski definition) is 3. The van der Waals surface area contributed by atoms with Gasteiger partial charge in [0.25, 0.3) is 5.91 Å². The van der Waals surface area contributed by atoms with Crippen LogP contribution in [-0.4, -0.2) is 58.9 Å². The standard InChI is InChI=1S/C20H27ClN2O4/c1-14(2)12-23(11-9-18(24)25)20(27)16-4-3-10-22(13-16)19(26)15-5-7-17(21)8-6-15/h5-8,14,16H,3-4,9-13H2,1-2H3,(H,24,25). The van der Waals surface area contributed by atoms with E-state index < -0.39 is 5.97 Å². The number of hydrogen-bond donors (Lipinski definition) is 1. The van der Waals surface area contributed by atoms with Crippen molar-refractivity contribution in [2.24, 2.45) is 11.8 Å². The third-order valence-corrected chi connectivity index (χ3v) is 4.89. The number of aliphatic carboxylic acids is 1. The number of carboxylic acids is 1. The Morgan fingerprint density at radius 1 is 1.26 bits per heavy atom. The molecule has 2 rings (SSSR count). The molecule has 0 saturated carbocycles. The summed E-state index contributed by atoms with van der Waals surface area (Å²) >= 11 is 5.88. The summed E-state index contributed by atoms with van der Waals surface area (Å²) in [6.07, 6.45) is 1.40. The molecule has 2 amide bonds. The van der Waals surface area contributed by atoms with Gasteiger partial charge in [-0.15, -0.1) is 0 Å². The van der Waals surface area contributed by atoms with Crippen LogP contribution in [0.3, 0.4) is 0 Å². The third kappa shape index (κ3) is 6.24. The zero-order valence-corrected chi connectivity index (χ0v) is 16.6. The number of nitrogens with zero attached hydrogens (tertiary/aromatic N) is 2. The predicted molar refractivity (Wildman–Crippen MR) is 104 cm³/mol. The molecule has 1 atom stereocenters. The second-order valence-electron chi connectivity index (χ2n) is 7.42. The summed E-state index contributed by atoms with van der Waals surface area (Å²) in [6.45, 7) is 5.70. The zero-order valence-electron chi connectivity index (χ0n) is 15.9. The van der Waals surface area contributed by atoms with Crippen molar-refractivity contribution in [1.82, 2.24) is 9.80 Å². The Hall–Kier alpha value is -2.08. The minimum absolute atomic E-state index is 0.0569. The smallest absolute Gasteiger partial charge is 0.305 e. The van der Waals surface area contributed by atoms with Gasteiger partial charge in [-0.1, -0.05) is 25.4 Å². The van der Waals surface area contributed by atoms with Gasteiger partial charge < -0.3 is 14.9 Å². The molecule has 0 radical (unpaired) electrons. The molecule has 1 aromatic carbocycles. The number of halogens is 1. The van der Waals surface area contributed by atoms with Gasteiger partial charge in [0.15, 0.2) is 0 Å². The van der Waals surface area contributed by atoms with Crippen molar-refractivity contribution in [3.8, 4) is 0 Å². The van der Waals surface area contributed by atoms with Gasteiger partial charge >= 0.3 is 5.97 Å². The fourth-order valence-corrected chi connectivity index (χ4v) is 3.49. The Balaban J connectivity index is 2.05. The first-order valence-electron chi connectivity index (χ1n) is 9.33. The predicted octanol–water partition coefficient (Wildman–Crippen LogP) is 3.15. The zero-order chi connectivity index (χ0) is 20.0. The molecule has 1 saturated heterocycles. The van der Waals surface area contributed by atoms with Gasteiger partial charge in [-0.05, 0) is 43.0 Å². The Morgan fingerprint density at radius 3 is 2.52 bits per heavy atom. The second-order valence-corrected chi connectivity index (χ2v) is 7.86. The summed E-state index contributed by atoms with van der Waals surface area (Å²) in [7, 11) is 0. The summed E-state index contributed by atoms with van der Waals surface area (Å²) in [5.74, 6) is -1.12. The molecule has 0 spiro atoms. The quantitative estimate of drug-likeness (QED) is 0.770. The number of amides is 2. The summed E-state index contributed by atoms with van der Waals surface area (Å²) in [6, 6.07) is 6.73. The van der Waals surface area contributed by atoms with E-state index in [0.717, 1.165) is 6.42 Å². The molecular weight excluding hydrogens is 368 g/mol. The molecule has 1 aliphatic rings. The average Bonchev–Trinajstić information content (AvgIpc) is 2.64. The normalized spacial score (nSPS) is 17.0. The highest BCUT2D eigenvalue weighted by atomic mass is 35.5. The molecule has 0 aliphatic carbocycles. The summed E-state index contributed by atoms with van der Waals surface area (Å²) in [5, 5.41) is 9.52. The molecule has 1 fully saturated rings. The molecule has 0 bridgehead atoms. The van der Waals surface area contributed by atoms with Crippen LogP contribution in [-0.2, 0) is 9.59 Å². The lowest BCUT2D eigenvalue weighted by atomic mass is 9.95. The summed E-state index contributed by atoms with van der Waals surface area (Å²) < 4.78 is 0. The number of carboxylic acid groups (broad SMARTS) is 1. The van der Waals surface area contributed by atoms with Crippen molar-refractivity contribution in [2.75, 3.05) is 26.2 Å². The van der Waals surface area contributed by atoms with Crippen molar-refractivity contribution in [2.45, 2.75) is 33.1 Å². The highest BCUT2D eigenvalue weighted by Crippen LogP contribution is 2.22. The highest BCUT2D eigenvalue weighted by Gasteiger charge is 2.32. The first-order valence-corrected chi connectivity index (χ1v) is 9.71. The van der Waals surface area contributed by atoms with E-state index in [2.05, 4.69) is 0 Å². The molecule has 1 N–H and O–H groups in total. The van der Waals surface area contributed by atoms with E-state index in [1.165, 1.54) is 0 Å². The lowest BCUT2D eigenvalue weighted by Crippen LogP contribution is -2.48. The molecule has 6 nitrogen and oxygen atoms in total. The lowest BCUT2D eigenvalue weighted by molar-refractivity contribution is -0.140. The van der Waals surface area contributed by atoms with Crippen LogP contribution in [0.2, 0.25) is 5.02 Å². The van der Waals surface area contributed by atoms with E-state index in [4.69, 9.17) is 16.7 Å². The van der Waals surface area contributed by atoms with Gasteiger partial charge in [-0.2, -0.15) is 0 Å². The van der Waals surface area contributed by atoms with Crippen molar-refractivity contribution >= 4 is 29.4 Å². The topological polar surface area (TPSA) is 77.9 Å². The van der Waals surface area contributed by atoms with Crippen LogP contribution in [0, 0.1) is 11.8 Å². The van der Waals surface area contributed by atoms with E-state index in [-0.39, 0.29) is 36.6 Å². The molecule has 1 heterocycles. The third-order valence-electron chi connectivity index (χ3n) is 4.64. The first-order chi connectivity index (χ1) is 12.8. The number of piperidine rings is 1. The van der Waals surface area contributed by atoms with E-state index in [1.54, 1.807) is 34.1 Å². The molecule has 148 valence electrons. The van der Waals surface area contributed by atoms with E-state index in [9.17, 15) is 14.4 Å². The lowest BCUT2D eigenvalue weighted by Gasteiger charge is -2.35. The Kier molecular flexibility index (Phi) is 7.66. The van der Waals surface area contributed by atoms with E-state index in [1.807, 2.05) is 13.8 Å². The van der Waals surface area contributed by atoms with Crippen molar-refractivity contribution in [3.05, 3.63) is 34.9 Å². The highest BCUT2D eigenvalue weighted by molar-refractivity contribution is 6.30. The summed E-state index contributed by atoms with van der Waals surface area (Å²) in [5.41, 5.74) is 0.553. The van der Waals surface area contributed by atoms with Gasteiger partial charge in [-0.3, -0.25) is 14.4 Å². The summed E-state index contributed by atoms with van der Waals surface area (Å²) in [4.78, 5) is 40.0. The van der Waals surface area contributed by atoms with Gasteiger partial charge in [0.1, 0.15) is 0 Å². The Bertz CT molecular complexity index is 675. The van der Waals surface area contributed by atoms with Crippen LogP contribution in [0.15, 0.2) is 24.3 Å². The monoisotopic (exact) mass is 394 g/mol. The van der Waals surface area contributed by atoms with Crippen LogP contribution in [0.5, 0.6) is 0 Å². The van der Waals surface area contributed by atoms with Gasteiger partial charge in [0.05, 0.1) is 12.3 Å². The Morgan fingerprint density at radius 2 is 1.93 bits per heavy atom. The number of carbonyl (C=O) groups excluding carboxylic acids is 2. The van der Waals surface area contributed by atoms with Crippen molar-refractivity contribution in [3.63, 3.8) is 0 Å². The molecule has 27 heavy (non-hydrogen) atoms. The van der Waals surface area contributed by atoms with E-state index >= 15 is 0 Å². The number of rotatable bonds is 7. The maximum Gasteiger partial charge on any atom is 0.305 e. The van der Waals surface area contributed by atoms with Gasteiger partial charge in [0.2, 0.25) is 5.91 Å². The molecule has 1 aliphatic heterocycles. The van der Waals surface area contributed by atoms with Crippen LogP contribution < -0.4 is 0 Å². The maximum absolute atomic E-state index is 13.0. The van der Waals surface area contributed by atoms with Gasteiger partial charge in [0, 0.05) is 36.8 Å². The number of carbonyl (C=O) groups is 3. The second kappa shape index (κ2) is 9.74. The average molecular weight is 395 g/mol. The minimum Gasteiger partial charge on any atom is -0.481 e. The SMILES string of the molecule is CC(C)CN(CCC(=O)O)C(=O)C1CCCN(C(=O)c2ccc(Cl)cc2)C1. The van der Waals surface area contributed by atoms with Crippen molar-refractivity contribution < 1.29 is 19.5 Å². The van der Waals surface area contributed by atoms with Crippen LogP contribution in [0.25, 0.3) is 0 Å². The van der Waals surface area contributed by atoms with E-state index in [0.29, 0.717) is 36.6 Å². The largest absolute Gasteiger partial charge is 0.481 e. The van der Waals surface area contributed by atoms with Crippen LogP contribution in [0.1, 0.15) is 43.5 Å². The maximum atomic E-state index is 13.0. The van der Waals surface area contributed by atoms with Gasteiger partial charge in [-0.25, -0.2) is 0 Å². The van der Waals surface area contributed by atoms with Crippen LogP contribution >= 0.6 is 11.6 Å². The molecular formula is C20H27ClN2O4. The molecule has 1 aromatic rings. The molecule has 0 aromatic heterocycles. The van der Waals surface area contributed by atoms with Crippen molar-refractivity contribution in [1.29, 1.82) is 0 Å². The minimum atomic E-state index is -0.917. The first kappa shape index (κ1) is 21.2.